The third kappa shape index (κ3) is 4.10. The van der Waals surface area contributed by atoms with Gasteiger partial charge in [0.2, 0.25) is 0 Å². The van der Waals surface area contributed by atoms with Crippen LogP contribution in [0.5, 0.6) is 0 Å². The lowest BCUT2D eigenvalue weighted by atomic mass is 9.93. The number of hydrogen-bond acceptors (Lipinski definition) is 2. The fraction of sp³-hybridized carbons (Fsp3) is 1.00. The summed E-state index contributed by atoms with van der Waals surface area (Å²) in [7, 11) is 0. The average molecular weight is 185 g/mol. The maximum atomic E-state index is 5.99. The highest BCUT2D eigenvalue weighted by Crippen LogP contribution is 2.25. The van der Waals surface area contributed by atoms with Crippen LogP contribution in [0.15, 0.2) is 0 Å². The number of rotatable bonds is 2. The molecule has 1 rings (SSSR count). The normalized spacial score (nSPS) is 23.1. The van der Waals surface area contributed by atoms with Crippen LogP contribution in [0.3, 0.4) is 0 Å². The predicted molar refractivity (Wildman–Crippen MR) is 55.9 cm³/mol. The van der Waals surface area contributed by atoms with E-state index in [-0.39, 0.29) is 11.0 Å². The highest BCUT2D eigenvalue weighted by Gasteiger charge is 2.28. The van der Waals surface area contributed by atoms with Gasteiger partial charge in [0.25, 0.3) is 0 Å². The van der Waals surface area contributed by atoms with E-state index < -0.39 is 0 Å². The van der Waals surface area contributed by atoms with Crippen LogP contribution >= 0.6 is 0 Å². The zero-order valence-corrected chi connectivity index (χ0v) is 9.44. The van der Waals surface area contributed by atoms with E-state index in [1.54, 1.807) is 0 Å². The van der Waals surface area contributed by atoms with Gasteiger partial charge in [0.05, 0.1) is 12.2 Å². The van der Waals surface area contributed by atoms with Gasteiger partial charge in [-0.15, -0.1) is 0 Å². The van der Waals surface area contributed by atoms with Crippen molar-refractivity contribution >= 4 is 0 Å². The van der Waals surface area contributed by atoms with E-state index in [1.165, 1.54) is 0 Å². The molecule has 13 heavy (non-hydrogen) atoms. The Labute approximate surface area is 82.0 Å². The van der Waals surface area contributed by atoms with E-state index >= 15 is 0 Å². The smallest absolute Gasteiger partial charge is 0.0679 e. The molecule has 0 aromatic heterocycles. The van der Waals surface area contributed by atoms with Crippen LogP contribution in [0.4, 0.5) is 0 Å². The van der Waals surface area contributed by atoms with Crippen molar-refractivity contribution in [2.45, 2.75) is 46.1 Å². The minimum absolute atomic E-state index is 0.124. The molecule has 0 saturated carbocycles. The summed E-state index contributed by atoms with van der Waals surface area (Å²) in [5.41, 5.74) is 0.409. The van der Waals surface area contributed by atoms with E-state index in [9.17, 15) is 0 Å². The molecule has 2 nitrogen and oxygen atoms in total. The lowest BCUT2D eigenvalue weighted by Crippen LogP contribution is -2.43. The first-order valence-corrected chi connectivity index (χ1v) is 5.26. The summed E-state index contributed by atoms with van der Waals surface area (Å²) >= 11 is 0. The fourth-order valence-corrected chi connectivity index (χ4v) is 1.49. The summed E-state index contributed by atoms with van der Waals surface area (Å²) < 4.78 is 5.99. The van der Waals surface area contributed by atoms with Crippen LogP contribution in [0.1, 0.15) is 40.5 Å². The maximum absolute atomic E-state index is 5.99. The van der Waals surface area contributed by atoms with E-state index in [0.717, 1.165) is 32.5 Å². The fourth-order valence-electron chi connectivity index (χ4n) is 1.49. The zero-order chi connectivity index (χ0) is 9.95. The van der Waals surface area contributed by atoms with Gasteiger partial charge in [0.1, 0.15) is 0 Å². The Morgan fingerprint density at radius 2 is 1.77 bits per heavy atom. The van der Waals surface area contributed by atoms with Crippen molar-refractivity contribution in [3.8, 4) is 0 Å². The quantitative estimate of drug-likeness (QED) is 0.712. The summed E-state index contributed by atoms with van der Waals surface area (Å²) in [4.78, 5) is 0. The van der Waals surface area contributed by atoms with Crippen LogP contribution in [0.2, 0.25) is 0 Å². The molecule has 0 atom stereocenters. The second-order valence-corrected chi connectivity index (χ2v) is 5.55. The van der Waals surface area contributed by atoms with Crippen LogP contribution in [0.25, 0.3) is 0 Å². The standard InChI is InChI=1S/C11H23NO/c1-10(2,3)9-13-11(4)5-7-12-8-6-11/h12H,5-9H2,1-4H3. The molecule has 0 amide bonds. The van der Waals surface area contributed by atoms with Crippen molar-refractivity contribution in [1.82, 2.24) is 5.32 Å². The Kier molecular flexibility index (Phi) is 3.36. The first kappa shape index (κ1) is 11.0. The molecular weight excluding hydrogens is 162 g/mol. The van der Waals surface area contributed by atoms with Crippen molar-refractivity contribution in [2.24, 2.45) is 5.41 Å². The SMILES string of the molecule is CC(C)(C)COC1(C)CCNCC1. The summed E-state index contributed by atoms with van der Waals surface area (Å²) in [5.74, 6) is 0. The van der Waals surface area contributed by atoms with Crippen molar-refractivity contribution in [2.75, 3.05) is 19.7 Å². The minimum atomic E-state index is 0.124. The summed E-state index contributed by atoms with van der Waals surface area (Å²) in [5, 5.41) is 3.36. The van der Waals surface area contributed by atoms with E-state index in [2.05, 4.69) is 33.0 Å². The maximum Gasteiger partial charge on any atom is 0.0679 e. The molecule has 1 N–H and O–H groups in total. The Hall–Kier alpha value is -0.0800. The molecule has 1 heterocycles. The van der Waals surface area contributed by atoms with Crippen molar-refractivity contribution in [1.29, 1.82) is 0 Å². The molecule has 1 saturated heterocycles. The van der Waals surface area contributed by atoms with Gasteiger partial charge in [-0.3, -0.25) is 0 Å². The van der Waals surface area contributed by atoms with Gasteiger partial charge in [0.15, 0.2) is 0 Å². The molecule has 0 unspecified atom stereocenters. The molecule has 78 valence electrons. The van der Waals surface area contributed by atoms with E-state index in [4.69, 9.17) is 4.74 Å². The van der Waals surface area contributed by atoms with Crippen molar-refractivity contribution in [3.05, 3.63) is 0 Å². The zero-order valence-electron chi connectivity index (χ0n) is 9.44. The molecule has 2 heteroatoms. The van der Waals surface area contributed by atoms with Gasteiger partial charge < -0.3 is 10.1 Å². The van der Waals surface area contributed by atoms with Gasteiger partial charge in [-0.1, -0.05) is 20.8 Å². The topological polar surface area (TPSA) is 21.3 Å². The molecular formula is C11H23NO. The van der Waals surface area contributed by atoms with Crippen LogP contribution in [-0.4, -0.2) is 25.3 Å². The highest BCUT2D eigenvalue weighted by molar-refractivity contribution is 4.82. The van der Waals surface area contributed by atoms with Crippen LogP contribution < -0.4 is 5.32 Å². The molecule has 0 aromatic carbocycles. The van der Waals surface area contributed by atoms with Gasteiger partial charge in [-0.25, -0.2) is 0 Å². The van der Waals surface area contributed by atoms with E-state index in [1.807, 2.05) is 0 Å². The third-order valence-electron chi connectivity index (χ3n) is 2.51. The molecule has 0 radical (unpaired) electrons. The molecule has 1 aliphatic heterocycles. The molecule has 0 aliphatic carbocycles. The Morgan fingerprint density at radius 3 is 2.23 bits per heavy atom. The van der Waals surface area contributed by atoms with Gasteiger partial charge >= 0.3 is 0 Å². The second-order valence-electron chi connectivity index (χ2n) is 5.55. The second kappa shape index (κ2) is 3.97. The number of piperidine rings is 1. The van der Waals surface area contributed by atoms with E-state index in [0.29, 0.717) is 0 Å². The number of ether oxygens (including phenoxy) is 1. The molecule has 0 spiro atoms. The summed E-state index contributed by atoms with van der Waals surface area (Å²) in [6.07, 6.45) is 2.28. The number of nitrogens with one attached hydrogen (secondary N) is 1. The van der Waals surface area contributed by atoms with Gasteiger partial charge in [-0.05, 0) is 38.3 Å². The Balaban J connectivity index is 2.33. The largest absolute Gasteiger partial charge is 0.375 e. The summed E-state index contributed by atoms with van der Waals surface area (Å²) in [6, 6.07) is 0. The average Bonchev–Trinajstić information content (AvgIpc) is 2.02. The molecule has 1 aliphatic rings. The van der Waals surface area contributed by atoms with Crippen molar-refractivity contribution in [3.63, 3.8) is 0 Å². The molecule has 0 aromatic rings. The Morgan fingerprint density at radius 1 is 1.23 bits per heavy atom. The third-order valence-corrected chi connectivity index (χ3v) is 2.51. The van der Waals surface area contributed by atoms with Crippen molar-refractivity contribution < 1.29 is 4.74 Å². The molecule has 0 bridgehead atoms. The first-order chi connectivity index (χ1) is 5.91. The number of hydrogen-bond donors (Lipinski definition) is 1. The predicted octanol–water partition coefficient (Wildman–Crippen LogP) is 2.19. The van der Waals surface area contributed by atoms with Crippen LogP contribution in [0, 0.1) is 5.41 Å². The Bertz CT molecular complexity index is 154. The lowest BCUT2D eigenvalue weighted by Gasteiger charge is -2.36. The van der Waals surface area contributed by atoms with Crippen LogP contribution in [-0.2, 0) is 4.74 Å². The molecule has 1 fully saturated rings. The van der Waals surface area contributed by atoms with Gasteiger partial charge in [-0.2, -0.15) is 0 Å². The van der Waals surface area contributed by atoms with Gasteiger partial charge in [0, 0.05) is 0 Å². The lowest BCUT2D eigenvalue weighted by molar-refractivity contribution is -0.0784. The highest BCUT2D eigenvalue weighted by atomic mass is 16.5. The monoisotopic (exact) mass is 185 g/mol. The summed E-state index contributed by atoms with van der Waals surface area (Å²) in [6.45, 7) is 12.0. The first-order valence-electron chi connectivity index (χ1n) is 5.26. The minimum Gasteiger partial charge on any atom is -0.375 e.